The van der Waals surface area contributed by atoms with Gasteiger partial charge in [0.15, 0.2) is 5.60 Å². The number of terminal acetylenes is 1. The van der Waals surface area contributed by atoms with Gasteiger partial charge in [-0.15, -0.1) is 6.42 Å². The first-order chi connectivity index (χ1) is 6.57. The highest BCUT2D eigenvalue weighted by molar-refractivity contribution is 5.28. The Bertz CT molecular complexity index is 393. The van der Waals surface area contributed by atoms with E-state index in [1.807, 2.05) is 6.07 Å². The molecule has 1 aromatic rings. The van der Waals surface area contributed by atoms with Gasteiger partial charge in [0, 0.05) is 12.3 Å². The molecule has 0 unspecified atom stereocenters. The van der Waals surface area contributed by atoms with Crippen molar-refractivity contribution < 1.29 is 4.74 Å². The zero-order chi connectivity index (χ0) is 10.6. The fourth-order valence-electron chi connectivity index (χ4n) is 0.798. The van der Waals surface area contributed by atoms with Crippen LogP contribution in [0.15, 0.2) is 18.3 Å². The highest BCUT2D eigenvalue weighted by atomic mass is 16.5. The molecule has 0 aromatic carbocycles. The van der Waals surface area contributed by atoms with Crippen molar-refractivity contribution in [2.24, 2.45) is 0 Å². The van der Waals surface area contributed by atoms with E-state index in [-0.39, 0.29) is 0 Å². The molecule has 3 heteroatoms. The molecule has 14 heavy (non-hydrogen) atoms. The van der Waals surface area contributed by atoms with Gasteiger partial charge in [0.25, 0.3) is 0 Å². The number of nitriles is 1. The number of aromatic nitrogens is 1. The van der Waals surface area contributed by atoms with Gasteiger partial charge in [0.1, 0.15) is 6.07 Å². The van der Waals surface area contributed by atoms with Crippen molar-refractivity contribution in [3.05, 3.63) is 23.9 Å². The van der Waals surface area contributed by atoms with Crippen LogP contribution in [-0.2, 0) is 0 Å². The number of rotatable bonds is 2. The molecule has 3 nitrogen and oxygen atoms in total. The Labute approximate surface area is 83.3 Å². The van der Waals surface area contributed by atoms with E-state index < -0.39 is 5.60 Å². The molecule has 0 atom stereocenters. The summed E-state index contributed by atoms with van der Waals surface area (Å²) in [5.41, 5.74) is -0.183. The summed E-state index contributed by atoms with van der Waals surface area (Å²) in [6, 6.07) is 5.23. The minimum atomic E-state index is -0.679. The first-order valence-corrected chi connectivity index (χ1v) is 4.10. The van der Waals surface area contributed by atoms with Crippen LogP contribution in [0.4, 0.5) is 0 Å². The maximum absolute atomic E-state index is 8.54. The Hall–Kier alpha value is -2.00. The van der Waals surface area contributed by atoms with E-state index in [1.165, 1.54) is 6.20 Å². The van der Waals surface area contributed by atoms with Crippen LogP contribution in [0.1, 0.15) is 19.4 Å². The van der Waals surface area contributed by atoms with E-state index in [2.05, 4.69) is 10.9 Å². The van der Waals surface area contributed by atoms with E-state index in [4.69, 9.17) is 16.4 Å². The van der Waals surface area contributed by atoms with E-state index in [1.54, 1.807) is 26.0 Å². The first-order valence-electron chi connectivity index (χ1n) is 4.10. The summed E-state index contributed by atoms with van der Waals surface area (Å²) in [6.07, 6.45) is 6.70. The second-order valence-corrected chi connectivity index (χ2v) is 3.25. The van der Waals surface area contributed by atoms with Crippen molar-refractivity contribution in [1.82, 2.24) is 4.98 Å². The molecule has 0 aliphatic carbocycles. The topological polar surface area (TPSA) is 45.9 Å². The molecule has 70 valence electrons. The average molecular weight is 186 g/mol. The first kappa shape index (κ1) is 10.1. The second kappa shape index (κ2) is 3.81. The van der Waals surface area contributed by atoms with E-state index in [0.717, 1.165) is 0 Å². The molecule has 0 fully saturated rings. The lowest BCUT2D eigenvalue weighted by Gasteiger charge is -2.18. The van der Waals surface area contributed by atoms with Crippen molar-refractivity contribution in [3.8, 4) is 24.3 Å². The Balaban J connectivity index is 2.81. The normalized spacial score (nSPS) is 10.0. The molecular weight excluding hydrogens is 176 g/mol. The van der Waals surface area contributed by atoms with Gasteiger partial charge in [-0.25, -0.2) is 4.98 Å². The Morgan fingerprint density at radius 1 is 1.50 bits per heavy atom. The van der Waals surface area contributed by atoms with Crippen LogP contribution in [0.3, 0.4) is 0 Å². The van der Waals surface area contributed by atoms with Gasteiger partial charge >= 0.3 is 0 Å². The summed E-state index contributed by atoms with van der Waals surface area (Å²) in [5.74, 6) is 2.91. The molecule has 0 aliphatic rings. The summed E-state index contributed by atoms with van der Waals surface area (Å²) in [6.45, 7) is 3.54. The van der Waals surface area contributed by atoms with E-state index >= 15 is 0 Å². The quantitative estimate of drug-likeness (QED) is 0.661. The maximum atomic E-state index is 8.54. The SMILES string of the molecule is C#CC(C)(C)Oc1ccc(C#N)cn1. The Kier molecular flexibility index (Phi) is 2.74. The smallest absolute Gasteiger partial charge is 0.214 e. The Morgan fingerprint density at radius 3 is 2.64 bits per heavy atom. The summed E-state index contributed by atoms with van der Waals surface area (Å²) < 4.78 is 5.39. The Morgan fingerprint density at radius 2 is 2.21 bits per heavy atom. The fourth-order valence-corrected chi connectivity index (χ4v) is 0.798. The summed E-state index contributed by atoms with van der Waals surface area (Å²) >= 11 is 0. The van der Waals surface area contributed by atoms with Crippen LogP contribution in [0.5, 0.6) is 5.88 Å². The maximum Gasteiger partial charge on any atom is 0.214 e. The van der Waals surface area contributed by atoms with Gasteiger partial charge in [-0.2, -0.15) is 5.26 Å². The van der Waals surface area contributed by atoms with Crippen molar-refractivity contribution in [2.75, 3.05) is 0 Å². The molecular formula is C11H10N2O. The number of ether oxygens (including phenoxy) is 1. The van der Waals surface area contributed by atoms with Crippen LogP contribution >= 0.6 is 0 Å². The van der Waals surface area contributed by atoms with Gasteiger partial charge in [-0.3, -0.25) is 0 Å². The monoisotopic (exact) mass is 186 g/mol. The molecule has 0 N–H and O–H groups in total. The van der Waals surface area contributed by atoms with Crippen LogP contribution < -0.4 is 4.74 Å². The molecule has 1 aromatic heterocycles. The van der Waals surface area contributed by atoms with Crippen LogP contribution in [0.25, 0.3) is 0 Å². The van der Waals surface area contributed by atoms with E-state index in [0.29, 0.717) is 11.4 Å². The van der Waals surface area contributed by atoms with Crippen molar-refractivity contribution in [2.45, 2.75) is 19.4 Å². The molecule has 0 amide bonds. The molecule has 0 saturated carbocycles. The predicted molar refractivity (Wildman–Crippen MR) is 52.5 cm³/mol. The predicted octanol–water partition coefficient (Wildman–Crippen LogP) is 1.74. The second-order valence-electron chi connectivity index (χ2n) is 3.25. The molecule has 0 saturated heterocycles. The van der Waals surface area contributed by atoms with Crippen molar-refractivity contribution in [1.29, 1.82) is 5.26 Å². The molecule has 0 radical (unpaired) electrons. The van der Waals surface area contributed by atoms with Crippen LogP contribution in [-0.4, -0.2) is 10.6 Å². The van der Waals surface area contributed by atoms with Gasteiger partial charge in [-0.1, -0.05) is 5.92 Å². The minimum absolute atomic E-state index is 0.423. The zero-order valence-corrected chi connectivity index (χ0v) is 8.11. The summed E-state index contributed by atoms with van der Waals surface area (Å²) in [5, 5.41) is 8.54. The summed E-state index contributed by atoms with van der Waals surface area (Å²) in [7, 11) is 0. The van der Waals surface area contributed by atoms with Gasteiger partial charge in [-0.05, 0) is 19.9 Å². The molecule has 1 heterocycles. The summed E-state index contributed by atoms with van der Waals surface area (Å²) in [4.78, 5) is 3.94. The third kappa shape index (κ3) is 2.50. The van der Waals surface area contributed by atoms with Crippen molar-refractivity contribution in [3.63, 3.8) is 0 Å². The zero-order valence-electron chi connectivity index (χ0n) is 8.11. The molecule has 0 bridgehead atoms. The highest BCUT2D eigenvalue weighted by Gasteiger charge is 2.15. The van der Waals surface area contributed by atoms with Gasteiger partial charge in [0.05, 0.1) is 5.56 Å². The third-order valence-corrected chi connectivity index (χ3v) is 1.57. The lowest BCUT2D eigenvalue weighted by Crippen LogP contribution is -2.25. The number of nitrogens with zero attached hydrogens (tertiary/aromatic N) is 2. The minimum Gasteiger partial charge on any atom is -0.458 e. The van der Waals surface area contributed by atoms with Crippen LogP contribution in [0.2, 0.25) is 0 Å². The lowest BCUT2D eigenvalue weighted by atomic mass is 10.1. The average Bonchev–Trinajstić information content (AvgIpc) is 2.19. The highest BCUT2D eigenvalue weighted by Crippen LogP contribution is 2.14. The largest absolute Gasteiger partial charge is 0.458 e. The number of hydrogen-bond donors (Lipinski definition) is 0. The third-order valence-electron chi connectivity index (χ3n) is 1.57. The molecule has 0 spiro atoms. The van der Waals surface area contributed by atoms with Gasteiger partial charge < -0.3 is 4.74 Å². The lowest BCUT2D eigenvalue weighted by molar-refractivity contribution is 0.164. The van der Waals surface area contributed by atoms with E-state index in [9.17, 15) is 0 Å². The van der Waals surface area contributed by atoms with Crippen molar-refractivity contribution >= 4 is 0 Å². The standard InChI is InChI=1S/C11H10N2O/c1-4-11(2,3)14-10-6-5-9(7-12)8-13-10/h1,5-6,8H,2-3H3. The van der Waals surface area contributed by atoms with Gasteiger partial charge in [0.2, 0.25) is 5.88 Å². The number of pyridine rings is 1. The number of hydrogen-bond acceptors (Lipinski definition) is 3. The molecule has 1 rings (SSSR count). The fraction of sp³-hybridized carbons (Fsp3) is 0.273. The van der Waals surface area contributed by atoms with Crippen LogP contribution in [0, 0.1) is 23.7 Å². The molecule has 0 aliphatic heterocycles.